The average molecular weight is 192 g/mol. The van der Waals surface area contributed by atoms with Gasteiger partial charge in [-0.25, -0.2) is 0 Å². The standard InChI is InChI=1S/As.3K/q+3;3*+1. The molecule has 2 valence electrons. The summed E-state index contributed by atoms with van der Waals surface area (Å²) in [5, 5.41) is 0. The minimum absolute atomic E-state index is 0. The first-order valence-electron chi connectivity index (χ1n) is 0. The third kappa shape index (κ3) is 10.4. The van der Waals surface area contributed by atoms with Gasteiger partial charge in [0, 0.05) is 0 Å². The van der Waals surface area contributed by atoms with Crippen molar-refractivity contribution >= 4 is 18.0 Å². The largest absolute Gasteiger partial charge is 3.00 e. The Morgan fingerprint density at radius 1 is 0.500 bits per heavy atom. The molecule has 2 radical (unpaired) electrons. The molecule has 0 fully saturated rings. The molecule has 0 rings (SSSR count). The van der Waals surface area contributed by atoms with Crippen LogP contribution in [0.1, 0.15) is 0 Å². The summed E-state index contributed by atoms with van der Waals surface area (Å²) in [5.74, 6) is 0. The molecule has 0 aliphatic carbocycles. The van der Waals surface area contributed by atoms with Gasteiger partial charge in [0.05, 0.1) is 0 Å². The summed E-state index contributed by atoms with van der Waals surface area (Å²) in [5.41, 5.74) is 0. The third-order valence-corrected chi connectivity index (χ3v) is 0. The first kappa shape index (κ1) is 22.7. The van der Waals surface area contributed by atoms with Gasteiger partial charge in [-0.05, 0) is 0 Å². The van der Waals surface area contributed by atoms with Gasteiger partial charge in [0.2, 0.25) is 0 Å². The maximum Gasteiger partial charge on any atom is 3.00 e. The van der Waals surface area contributed by atoms with Crippen LogP contribution in [0.2, 0.25) is 0 Å². The second-order valence-corrected chi connectivity index (χ2v) is 0. The second kappa shape index (κ2) is 15.8. The van der Waals surface area contributed by atoms with Crippen LogP contribution in [0.3, 0.4) is 0 Å². The number of hydrogen-bond acceptors (Lipinski definition) is 0. The van der Waals surface area contributed by atoms with Crippen molar-refractivity contribution in [1.29, 1.82) is 0 Å². The van der Waals surface area contributed by atoms with Crippen molar-refractivity contribution in [3.05, 3.63) is 0 Å². The minimum Gasteiger partial charge on any atom is 1.00 e. The van der Waals surface area contributed by atoms with E-state index in [1.165, 1.54) is 0 Å². The van der Waals surface area contributed by atoms with Crippen LogP contribution in [0.4, 0.5) is 0 Å². The van der Waals surface area contributed by atoms with E-state index < -0.39 is 0 Å². The quantitative estimate of drug-likeness (QED) is 0.334. The molecule has 4 heavy (non-hydrogen) atoms. The predicted molar refractivity (Wildman–Crippen MR) is 5.75 cm³/mol. The van der Waals surface area contributed by atoms with Crippen LogP contribution >= 0.6 is 0 Å². The summed E-state index contributed by atoms with van der Waals surface area (Å²) in [6.07, 6.45) is 0. The maximum atomic E-state index is 0. The van der Waals surface area contributed by atoms with Crippen LogP contribution < -0.4 is 154 Å². The second-order valence-electron chi connectivity index (χ2n) is 0. The van der Waals surface area contributed by atoms with Crippen LogP contribution in [0.25, 0.3) is 0 Å². The predicted octanol–water partition coefficient (Wildman–Crippen LogP) is -9.37. The van der Waals surface area contributed by atoms with Gasteiger partial charge in [-0.15, -0.1) is 0 Å². The Morgan fingerprint density at radius 2 is 0.500 bits per heavy atom. The topological polar surface area (TPSA) is 0 Å². The summed E-state index contributed by atoms with van der Waals surface area (Å²) in [6, 6.07) is 0. The molecular weight excluding hydrogens is 192 g/mol. The fourth-order valence-electron chi connectivity index (χ4n) is 0. The smallest absolute Gasteiger partial charge is 1.00 e. The molecule has 0 saturated heterocycles. The van der Waals surface area contributed by atoms with Crippen molar-refractivity contribution in [2.45, 2.75) is 0 Å². The van der Waals surface area contributed by atoms with E-state index in [0.29, 0.717) is 0 Å². The fourth-order valence-corrected chi connectivity index (χ4v) is 0. The normalized spacial score (nSPS) is 0. The molecule has 0 unspecified atom stereocenters. The van der Waals surface area contributed by atoms with Crippen molar-refractivity contribution in [2.75, 3.05) is 0 Å². The molecule has 0 bridgehead atoms. The van der Waals surface area contributed by atoms with Crippen LogP contribution in [-0.2, 0) is 0 Å². The molecule has 0 atom stereocenters. The van der Waals surface area contributed by atoms with Crippen molar-refractivity contribution in [1.82, 2.24) is 0 Å². The van der Waals surface area contributed by atoms with Crippen molar-refractivity contribution < 1.29 is 154 Å². The molecule has 0 nitrogen and oxygen atoms in total. The Hall–Kier alpha value is 5.47. The van der Waals surface area contributed by atoms with E-state index in [-0.39, 0.29) is 172 Å². The van der Waals surface area contributed by atoms with E-state index in [9.17, 15) is 0 Å². The summed E-state index contributed by atoms with van der Waals surface area (Å²) in [4.78, 5) is 0. The molecule has 0 heterocycles. The molecular formula is AsK3+6. The maximum absolute atomic E-state index is 0. The van der Waals surface area contributed by atoms with Gasteiger partial charge in [0.1, 0.15) is 0 Å². The number of rotatable bonds is 0. The Kier molecular flexibility index (Phi) is 89.7. The van der Waals surface area contributed by atoms with Gasteiger partial charge in [-0.3, -0.25) is 0 Å². The van der Waals surface area contributed by atoms with E-state index in [4.69, 9.17) is 0 Å². The van der Waals surface area contributed by atoms with Crippen LogP contribution in [0.5, 0.6) is 0 Å². The fraction of sp³-hybridized carbons (Fsp3) is 0. The van der Waals surface area contributed by atoms with Crippen molar-refractivity contribution in [3.63, 3.8) is 0 Å². The first-order valence-corrected chi connectivity index (χ1v) is 0. The molecule has 0 aromatic carbocycles. The average Bonchev–Trinajstić information content (AvgIpc) is 0. The van der Waals surface area contributed by atoms with E-state index in [2.05, 4.69) is 0 Å². The third-order valence-electron chi connectivity index (χ3n) is 0. The van der Waals surface area contributed by atoms with Crippen LogP contribution in [0, 0.1) is 0 Å². The molecule has 0 aliphatic rings. The monoisotopic (exact) mass is 192 g/mol. The summed E-state index contributed by atoms with van der Waals surface area (Å²) in [7, 11) is 0. The summed E-state index contributed by atoms with van der Waals surface area (Å²) in [6.45, 7) is 0. The van der Waals surface area contributed by atoms with E-state index in [1.54, 1.807) is 0 Å². The molecule has 0 spiro atoms. The first-order chi connectivity index (χ1) is 0. The summed E-state index contributed by atoms with van der Waals surface area (Å²) < 4.78 is 0. The zero-order valence-electron chi connectivity index (χ0n) is 3.45. The van der Waals surface area contributed by atoms with E-state index in [1.807, 2.05) is 0 Å². The minimum atomic E-state index is 0. The zero-order valence-corrected chi connectivity index (χ0v) is 14.7. The van der Waals surface area contributed by atoms with Gasteiger partial charge in [0.25, 0.3) is 0 Å². The van der Waals surface area contributed by atoms with Crippen molar-refractivity contribution in [2.24, 2.45) is 0 Å². The van der Waals surface area contributed by atoms with Crippen LogP contribution in [0.15, 0.2) is 0 Å². The molecule has 0 amide bonds. The Labute approximate surface area is 166 Å². The van der Waals surface area contributed by atoms with Crippen LogP contribution in [-0.4, -0.2) is 18.0 Å². The molecule has 0 aromatic heterocycles. The Balaban J connectivity index is 0. The Morgan fingerprint density at radius 3 is 0.500 bits per heavy atom. The number of hydrogen-bond donors (Lipinski definition) is 0. The zero-order chi connectivity index (χ0) is 0. The van der Waals surface area contributed by atoms with Crippen molar-refractivity contribution in [3.8, 4) is 0 Å². The van der Waals surface area contributed by atoms with Gasteiger partial charge < -0.3 is 0 Å². The van der Waals surface area contributed by atoms with Gasteiger partial charge in [0.15, 0.2) is 0 Å². The molecule has 0 aromatic rings. The van der Waals surface area contributed by atoms with E-state index in [0.717, 1.165) is 0 Å². The molecule has 0 saturated carbocycles. The molecule has 0 aliphatic heterocycles. The van der Waals surface area contributed by atoms with Gasteiger partial charge >= 0.3 is 172 Å². The Bertz CT molecular complexity index is 3.25. The molecule has 0 N–H and O–H groups in total. The SMILES string of the molecule is [As+3].[K+].[K+].[K+]. The van der Waals surface area contributed by atoms with E-state index >= 15 is 0 Å². The van der Waals surface area contributed by atoms with Gasteiger partial charge in [-0.1, -0.05) is 0 Å². The molecule has 4 heteroatoms. The van der Waals surface area contributed by atoms with Gasteiger partial charge in [-0.2, -0.15) is 0 Å². The summed E-state index contributed by atoms with van der Waals surface area (Å²) >= 11 is 0.